The highest BCUT2D eigenvalue weighted by Gasteiger charge is 2.38. The highest BCUT2D eigenvalue weighted by molar-refractivity contribution is 5.60. The second-order valence-corrected chi connectivity index (χ2v) is 10.0. The molecule has 0 radical (unpaired) electrons. The maximum Gasteiger partial charge on any atom is 0.229 e. The van der Waals surface area contributed by atoms with Crippen LogP contribution in [-0.4, -0.2) is 67.7 Å². The van der Waals surface area contributed by atoms with E-state index in [1.807, 2.05) is 0 Å². The van der Waals surface area contributed by atoms with E-state index in [0.29, 0.717) is 43.6 Å². The first-order chi connectivity index (χ1) is 16.6. The number of hydrogen-bond acceptors (Lipinski definition) is 9. The van der Waals surface area contributed by atoms with Crippen LogP contribution in [0.2, 0.25) is 0 Å². The minimum atomic E-state index is -0.495. The van der Waals surface area contributed by atoms with Gasteiger partial charge in [-0.1, -0.05) is 0 Å². The van der Waals surface area contributed by atoms with Gasteiger partial charge in [-0.25, -0.2) is 9.37 Å². The molecule has 0 spiro atoms. The fourth-order valence-corrected chi connectivity index (χ4v) is 4.57. The van der Waals surface area contributed by atoms with Gasteiger partial charge in [0.25, 0.3) is 0 Å². The number of piperidine rings is 1. The van der Waals surface area contributed by atoms with Gasteiger partial charge in [0.2, 0.25) is 5.95 Å². The second kappa shape index (κ2) is 11.8. The molecule has 9 nitrogen and oxygen atoms in total. The molecule has 0 saturated carbocycles. The standard InChI is InChI=1S/C25H38FN5O4/c1-24(2)14-18(15-25(3,4)31-24)28-22-21(26)16-27-23(30-22)29-17-11-19(34-9-7-32-5)13-20(12-17)35-10-8-33-6/h11-13,16,18,31H,7-10,14-15H2,1-6H3,(H2,27,28,29,30). The van der Waals surface area contributed by atoms with Crippen molar-refractivity contribution in [3.63, 3.8) is 0 Å². The van der Waals surface area contributed by atoms with E-state index in [2.05, 4.69) is 53.6 Å². The lowest BCUT2D eigenvalue weighted by Crippen LogP contribution is -2.60. The number of nitrogens with zero attached hydrogens (tertiary/aromatic N) is 2. The smallest absolute Gasteiger partial charge is 0.229 e. The predicted octanol–water partition coefficient (Wildman–Crippen LogP) is 4.13. The normalized spacial score (nSPS) is 17.1. The monoisotopic (exact) mass is 491 g/mol. The highest BCUT2D eigenvalue weighted by Crippen LogP contribution is 2.31. The van der Waals surface area contributed by atoms with E-state index in [9.17, 15) is 4.39 Å². The molecule has 2 aromatic rings. The van der Waals surface area contributed by atoms with Crippen molar-refractivity contribution in [2.45, 2.75) is 57.7 Å². The molecular formula is C25H38FN5O4. The van der Waals surface area contributed by atoms with Gasteiger partial charge in [-0.3, -0.25) is 0 Å². The predicted molar refractivity (Wildman–Crippen MR) is 134 cm³/mol. The van der Waals surface area contributed by atoms with Crippen LogP contribution in [0, 0.1) is 5.82 Å². The molecule has 1 aliphatic heterocycles. The minimum Gasteiger partial charge on any atom is -0.491 e. The molecule has 0 bridgehead atoms. The molecule has 0 amide bonds. The zero-order chi connectivity index (χ0) is 25.5. The van der Waals surface area contributed by atoms with Gasteiger partial charge in [-0.05, 0) is 40.5 Å². The van der Waals surface area contributed by atoms with Gasteiger partial charge in [0.05, 0.1) is 19.4 Å². The van der Waals surface area contributed by atoms with Crippen molar-refractivity contribution in [3.05, 3.63) is 30.2 Å². The van der Waals surface area contributed by atoms with E-state index in [0.717, 1.165) is 12.8 Å². The largest absolute Gasteiger partial charge is 0.491 e. The molecule has 0 aliphatic carbocycles. The summed E-state index contributed by atoms with van der Waals surface area (Å²) in [6.07, 6.45) is 2.85. The maximum atomic E-state index is 14.6. The van der Waals surface area contributed by atoms with Crippen molar-refractivity contribution in [1.29, 1.82) is 0 Å². The average Bonchev–Trinajstić information content (AvgIpc) is 2.74. The molecule has 2 heterocycles. The molecule has 3 N–H and O–H groups in total. The molecular weight excluding hydrogens is 453 g/mol. The van der Waals surface area contributed by atoms with Gasteiger partial charge >= 0.3 is 0 Å². The second-order valence-electron chi connectivity index (χ2n) is 10.0. The summed E-state index contributed by atoms with van der Waals surface area (Å²) in [7, 11) is 3.23. The fraction of sp³-hybridized carbons (Fsp3) is 0.600. The van der Waals surface area contributed by atoms with Gasteiger partial charge in [0.15, 0.2) is 11.6 Å². The van der Waals surface area contributed by atoms with Crippen molar-refractivity contribution in [2.75, 3.05) is 51.3 Å². The summed E-state index contributed by atoms with van der Waals surface area (Å²) in [6, 6.07) is 5.46. The van der Waals surface area contributed by atoms with E-state index < -0.39 is 5.82 Å². The molecule has 1 aromatic heterocycles. The van der Waals surface area contributed by atoms with Crippen molar-refractivity contribution in [2.24, 2.45) is 0 Å². The number of benzene rings is 1. The van der Waals surface area contributed by atoms with Gasteiger partial charge in [0, 0.05) is 55.2 Å². The number of ether oxygens (including phenoxy) is 4. The molecule has 1 fully saturated rings. The van der Waals surface area contributed by atoms with E-state index in [-0.39, 0.29) is 28.9 Å². The van der Waals surface area contributed by atoms with Crippen molar-refractivity contribution >= 4 is 17.5 Å². The molecule has 35 heavy (non-hydrogen) atoms. The van der Waals surface area contributed by atoms with E-state index in [1.165, 1.54) is 6.20 Å². The Kier molecular flexibility index (Phi) is 9.09. The molecule has 0 atom stereocenters. The van der Waals surface area contributed by atoms with Crippen LogP contribution in [0.1, 0.15) is 40.5 Å². The number of rotatable bonds is 12. The van der Waals surface area contributed by atoms with Crippen LogP contribution in [0.5, 0.6) is 11.5 Å². The minimum absolute atomic E-state index is 0.0665. The Balaban J connectivity index is 1.77. The van der Waals surface area contributed by atoms with Crippen LogP contribution in [0.3, 0.4) is 0 Å². The lowest BCUT2D eigenvalue weighted by Gasteiger charge is -2.46. The summed E-state index contributed by atoms with van der Waals surface area (Å²) < 4.78 is 36.3. The molecule has 10 heteroatoms. The average molecular weight is 492 g/mol. The van der Waals surface area contributed by atoms with Crippen LogP contribution >= 0.6 is 0 Å². The molecule has 194 valence electrons. The molecule has 0 unspecified atom stereocenters. The topological polar surface area (TPSA) is 98.8 Å². The third kappa shape index (κ3) is 8.48. The number of halogens is 1. The van der Waals surface area contributed by atoms with Gasteiger partial charge < -0.3 is 34.9 Å². The fourth-order valence-electron chi connectivity index (χ4n) is 4.57. The summed E-state index contributed by atoms with van der Waals surface area (Å²) in [5, 5.41) is 10.1. The Labute approximate surface area is 207 Å². The summed E-state index contributed by atoms with van der Waals surface area (Å²) in [5.74, 6) is 1.13. The zero-order valence-electron chi connectivity index (χ0n) is 21.5. The Morgan fingerprint density at radius 1 is 0.943 bits per heavy atom. The number of hydrogen-bond donors (Lipinski definition) is 3. The third-order valence-corrected chi connectivity index (χ3v) is 5.52. The summed E-state index contributed by atoms with van der Waals surface area (Å²) >= 11 is 0. The number of methoxy groups -OCH3 is 2. The zero-order valence-corrected chi connectivity index (χ0v) is 21.5. The lowest BCUT2D eigenvalue weighted by atomic mass is 9.79. The molecule has 3 rings (SSSR count). The Bertz CT molecular complexity index is 929. The summed E-state index contributed by atoms with van der Waals surface area (Å²) in [6.45, 7) is 10.3. The summed E-state index contributed by atoms with van der Waals surface area (Å²) in [5.41, 5.74) is 0.493. The number of nitrogens with one attached hydrogen (secondary N) is 3. The quantitative estimate of drug-likeness (QED) is 0.379. The first-order valence-corrected chi connectivity index (χ1v) is 11.8. The lowest BCUT2D eigenvalue weighted by molar-refractivity contribution is 0.142. The molecule has 1 saturated heterocycles. The SMILES string of the molecule is COCCOc1cc(Nc2ncc(F)c(NC3CC(C)(C)NC(C)(C)C3)n2)cc(OCCOC)c1. The Hall–Kier alpha value is -2.69. The Morgan fingerprint density at radius 3 is 2.06 bits per heavy atom. The third-order valence-electron chi connectivity index (χ3n) is 5.52. The van der Waals surface area contributed by atoms with E-state index in [1.54, 1.807) is 32.4 Å². The molecule has 1 aliphatic rings. The van der Waals surface area contributed by atoms with Crippen molar-refractivity contribution in [3.8, 4) is 11.5 Å². The van der Waals surface area contributed by atoms with Crippen LogP contribution in [0.25, 0.3) is 0 Å². The van der Waals surface area contributed by atoms with Gasteiger partial charge in [0.1, 0.15) is 24.7 Å². The maximum absolute atomic E-state index is 14.6. The van der Waals surface area contributed by atoms with Crippen molar-refractivity contribution in [1.82, 2.24) is 15.3 Å². The van der Waals surface area contributed by atoms with E-state index in [4.69, 9.17) is 18.9 Å². The first kappa shape index (κ1) is 26.9. The van der Waals surface area contributed by atoms with Gasteiger partial charge in [-0.2, -0.15) is 4.98 Å². The Morgan fingerprint density at radius 2 is 1.51 bits per heavy atom. The molecule has 1 aromatic carbocycles. The van der Waals surface area contributed by atoms with Crippen LogP contribution in [0.4, 0.5) is 21.8 Å². The first-order valence-electron chi connectivity index (χ1n) is 11.8. The van der Waals surface area contributed by atoms with Gasteiger partial charge in [-0.15, -0.1) is 0 Å². The summed E-state index contributed by atoms with van der Waals surface area (Å²) in [4.78, 5) is 8.54. The highest BCUT2D eigenvalue weighted by atomic mass is 19.1. The van der Waals surface area contributed by atoms with E-state index >= 15 is 0 Å². The number of anilines is 3. The van der Waals surface area contributed by atoms with Crippen LogP contribution in [0.15, 0.2) is 24.4 Å². The van der Waals surface area contributed by atoms with Crippen LogP contribution in [-0.2, 0) is 9.47 Å². The number of aromatic nitrogens is 2. The van der Waals surface area contributed by atoms with Crippen molar-refractivity contribution < 1.29 is 23.3 Å². The van der Waals surface area contributed by atoms with Crippen LogP contribution < -0.4 is 25.4 Å².